The summed E-state index contributed by atoms with van der Waals surface area (Å²) in [5, 5.41) is 2.64. The maximum absolute atomic E-state index is 12.9. The second-order valence-corrected chi connectivity index (χ2v) is 8.91. The van der Waals surface area contributed by atoms with Gasteiger partial charge in [-0.15, -0.1) is 0 Å². The molecule has 0 fully saturated rings. The zero-order valence-electron chi connectivity index (χ0n) is 17.4. The van der Waals surface area contributed by atoms with E-state index in [0.29, 0.717) is 13.0 Å². The minimum absolute atomic E-state index is 0.0618. The predicted octanol–water partition coefficient (Wildman–Crippen LogP) is 0.634. The van der Waals surface area contributed by atoms with Gasteiger partial charge in [0.15, 0.2) is 6.29 Å². The van der Waals surface area contributed by atoms with E-state index in [1.165, 1.54) is 27.2 Å². The number of nitrogens with one attached hydrogen (secondary N) is 2. The number of carbonyl (C=O) groups is 2. The molecule has 1 aliphatic rings. The topological polar surface area (TPSA) is 114 Å². The molecule has 1 atom stereocenters. The third-order valence-corrected chi connectivity index (χ3v) is 6.28. The van der Waals surface area contributed by atoms with E-state index in [9.17, 15) is 18.0 Å². The van der Waals surface area contributed by atoms with E-state index in [2.05, 4.69) is 10.0 Å². The molecule has 29 heavy (non-hydrogen) atoms. The summed E-state index contributed by atoms with van der Waals surface area (Å²) in [4.78, 5) is 25.9. The summed E-state index contributed by atoms with van der Waals surface area (Å²) in [6, 6.07) is 3.67. The molecular weight excluding hydrogens is 398 g/mol. The lowest BCUT2D eigenvalue weighted by Crippen LogP contribution is -2.51. The lowest BCUT2D eigenvalue weighted by atomic mass is 10.1. The van der Waals surface area contributed by atoms with Crippen molar-refractivity contribution in [1.29, 1.82) is 0 Å². The SMILES string of the molecule is COC(CNC(=O)[C@@H](NS(=O)(=O)c1ccc2c(c1)CCN2C(C)=O)C(C)C)OC. The fraction of sp³-hybridized carbons (Fsp3) is 0.579. The molecule has 9 nitrogen and oxygen atoms in total. The summed E-state index contributed by atoms with van der Waals surface area (Å²) in [7, 11) is -1.04. The molecule has 162 valence electrons. The molecule has 0 aliphatic carbocycles. The number of carbonyl (C=O) groups excluding carboxylic acids is 2. The maximum Gasteiger partial charge on any atom is 0.241 e. The Hall–Kier alpha value is -2.01. The Morgan fingerprint density at radius 2 is 1.86 bits per heavy atom. The predicted molar refractivity (Wildman–Crippen MR) is 108 cm³/mol. The quantitative estimate of drug-likeness (QED) is 0.559. The van der Waals surface area contributed by atoms with Crippen molar-refractivity contribution in [3.63, 3.8) is 0 Å². The van der Waals surface area contributed by atoms with Crippen molar-refractivity contribution < 1.29 is 27.5 Å². The monoisotopic (exact) mass is 427 g/mol. The average Bonchev–Trinajstić information content (AvgIpc) is 3.10. The van der Waals surface area contributed by atoms with Crippen molar-refractivity contribution in [2.75, 3.05) is 32.2 Å². The third kappa shape index (κ3) is 5.53. The van der Waals surface area contributed by atoms with E-state index < -0.39 is 28.3 Å². The number of ether oxygens (including phenoxy) is 2. The zero-order valence-corrected chi connectivity index (χ0v) is 18.2. The number of amides is 2. The van der Waals surface area contributed by atoms with Crippen LogP contribution in [0.1, 0.15) is 26.3 Å². The standard InChI is InChI=1S/C19H29N3O6S/c1-12(2)18(19(24)20-11-17(27-4)28-5)21-29(25,26)15-6-7-16-14(10-15)8-9-22(16)13(3)23/h6-7,10,12,17-18,21H,8-9,11H2,1-5H3,(H,20,24)/t18-/m0/s1. The minimum Gasteiger partial charge on any atom is -0.354 e. The zero-order chi connectivity index (χ0) is 21.8. The molecule has 0 radical (unpaired) electrons. The Bertz CT molecular complexity index is 852. The van der Waals surface area contributed by atoms with Crippen LogP contribution in [0.15, 0.2) is 23.1 Å². The van der Waals surface area contributed by atoms with Gasteiger partial charge >= 0.3 is 0 Å². The van der Waals surface area contributed by atoms with Crippen molar-refractivity contribution >= 4 is 27.5 Å². The Kier molecular flexibility index (Phi) is 7.75. The molecule has 1 aromatic rings. The van der Waals surface area contributed by atoms with Gasteiger partial charge in [0, 0.05) is 33.4 Å². The van der Waals surface area contributed by atoms with Crippen LogP contribution < -0.4 is 14.9 Å². The van der Waals surface area contributed by atoms with Crippen molar-refractivity contribution in [1.82, 2.24) is 10.0 Å². The molecule has 10 heteroatoms. The minimum atomic E-state index is -3.94. The van der Waals surface area contributed by atoms with Gasteiger partial charge < -0.3 is 19.7 Å². The van der Waals surface area contributed by atoms with E-state index in [-0.39, 0.29) is 23.3 Å². The molecule has 0 saturated carbocycles. The summed E-state index contributed by atoms with van der Waals surface area (Å²) in [6.45, 7) is 5.61. The first-order chi connectivity index (χ1) is 13.6. The number of rotatable bonds is 9. The highest BCUT2D eigenvalue weighted by Crippen LogP contribution is 2.30. The van der Waals surface area contributed by atoms with E-state index >= 15 is 0 Å². The number of nitrogens with zero attached hydrogens (tertiary/aromatic N) is 1. The third-order valence-electron chi connectivity index (χ3n) is 4.84. The molecular formula is C19H29N3O6S. The second-order valence-electron chi connectivity index (χ2n) is 7.20. The van der Waals surface area contributed by atoms with Crippen molar-refractivity contribution in [3.8, 4) is 0 Å². The normalized spacial score (nSPS) is 14.9. The number of hydrogen-bond donors (Lipinski definition) is 2. The van der Waals surface area contributed by atoms with Gasteiger partial charge in [-0.25, -0.2) is 8.42 Å². The molecule has 0 aromatic heterocycles. The molecule has 1 aromatic carbocycles. The largest absolute Gasteiger partial charge is 0.354 e. The Morgan fingerprint density at radius 3 is 2.41 bits per heavy atom. The molecule has 0 spiro atoms. The maximum atomic E-state index is 12.9. The number of sulfonamides is 1. The van der Waals surface area contributed by atoms with E-state index in [0.717, 1.165) is 11.3 Å². The van der Waals surface area contributed by atoms with E-state index in [4.69, 9.17) is 9.47 Å². The lowest BCUT2D eigenvalue weighted by Gasteiger charge is -2.23. The molecule has 0 bridgehead atoms. The molecule has 0 saturated heterocycles. The van der Waals surface area contributed by atoms with Crippen LogP contribution in [0.25, 0.3) is 0 Å². The number of hydrogen-bond acceptors (Lipinski definition) is 6. The van der Waals surface area contributed by atoms with Gasteiger partial charge in [-0.05, 0) is 36.1 Å². The van der Waals surface area contributed by atoms with Gasteiger partial charge in [0.05, 0.1) is 11.4 Å². The van der Waals surface area contributed by atoms with E-state index in [1.807, 2.05) is 0 Å². The van der Waals surface area contributed by atoms with Crippen LogP contribution in [0.3, 0.4) is 0 Å². The summed E-state index contributed by atoms with van der Waals surface area (Å²) in [6.07, 6.45) is -0.0359. The highest BCUT2D eigenvalue weighted by atomic mass is 32.2. The van der Waals surface area contributed by atoms with Crippen molar-refractivity contribution in [2.45, 2.75) is 44.4 Å². The summed E-state index contributed by atoms with van der Waals surface area (Å²) in [5.41, 5.74) is 1.51. The van der Waals surface area contributed by atoms with Crippen LogP contribution in [-0.4, -0.2) is 59.9 Å². The van der Waals surface area contributed by atoms with Gasteiger partial charge in [0.25, 0.3) is 0 Å². The Labute approximate surface area is 171 Å². The van der Waals surface area contributed by atoms with Crippen LogP contribution in [0, 0.1) is 5.92 Å². The van der Waals surface area contributed by atoms with Gasteiger partial charge in [0.1, 0.15) is 6.04 Å². The van der Waals surface area contributed by atoms with E-state index in [1.54, 1.807) is 30.9 Å². The molecule has 2 amide bonds. The van der Waals surface area contributed by atoms with Crippen molar-refractivity contribution in [2.24, 2.45) is 5.92 Å². The number of anilines is 1. The van der Waals surface area contributed by atoms with Crippen LogP contribution in [0.2, 0.25) is 0 Å². The lowest BCUT2D eigenvalue weighted by molar-refractivity contribution is -0.129. The smallest absolute Gasteiger partial charge is 0.241 e. The van der Waals surface area contributed by atoms with Crippen molar-refractivity contribution in [3.05, 3.63) is 23.8 Å². The number of fused-ring (bicyclic) bond motifs is 1. The highest BCUT2D eigenvalue weighted by Gasteiger charge is 2.30. The fourth-order valence-corrected chi connectivity index (χ4v) is 4.55. The summed E-state index contributed by atoms with van der Waals surface area (Å²) in [5.74, 6) is -0.831. The van der Waals surface area contributed by atoms with Gasteiger partial charge in [0.2, 0.25) is 21.8 Å². The van der Waals surface area contributed by atoms with Gasteiger partial charge in [-0.2, -0.15) is 4.72 Å². The Balaban J connectivity index is 2.17. The number of benzene rings is 1. The first-order valence-electron chi connectivity index (χ1n) is 9.37. The molecule has 1 aliphatic heterocycles. The van der Waals surface area contributed by atoms with Gasteiger partial charge in [-0.1, -0.05) is 13.8 Å². The molecule has 0 unspecified atom stereocenters. The summed E-state index contributed by atoms with van der Waals surface area (Å²) < 4.78 is 38.3. The highest BCUT2D eigenvalue weighted by molar-refractivity contribution is 7.89. The molecule has 1 heterocycles. The molecule has 2 N–H and O–H groups in total. The van der Waals surface area contributed by atoms with Crippen LogP contribution in [-0.2, 0) is 35.5 Å². The average molecular weight is 428 g/mol. The molecule has 2 rings (SSSR count). The van der Waals surface area contributed by atoms with Gasteiger partial charge in [-0.3, -0.25) is 9.59 Å². The summed E-state index contributed by atoms with van der Waals surface area (Å²) >= 11 is 0. The fourth-order valence-electron chi connectivity index (χ4n) is 3.16. The van der Waals surface area contributed by atoms with Crippen LogP contribution >= 0.6 is 0 Å². The second kappa shape index (κ2) is 9.66. The Morgan fingerprint density at radius 1 is 1.21 bits per heavy atom. The van der Waals surface area contributed by atoms with Crippen LogP contribution in [0.4, 0.5) is 5.69 Å². The first kappa shape index (κ1) is 23.3. The number of methoxy groups -OCH3 is 2. The van der Waals surface area contributed by atoms with Crippen LogP contribution in [0.5, 0.6) is 0 Å². The first-order valence-corrected chi connectivity index (χ1v) is 10.9.